The lowest BCUT2D eigenvalue weighted by atomic mass is 10.1. The number of para-hydroxylation sites is 1. The van der Waals surface area contributed by atoms with E-state index in [0.717, 1.165) is 11.1 Å². The molecular formula is C20H23FN2O3. The molecule has 0 saturated carbocycles. The van der Waals surface area contributed by atoms with Gasteiger partial charge in [0.15, 0.2) is 0 Å². The Balaban J connectivity index is 1.87. The van der Waals surface area contributed by atoms with Crippen molar-refractivity contribution in [2.75, 3.05) is 20.2 Å². The third-order valence-electron chi connectivity index (χ3n) is 3.98. The van der Waals surface area contributed by atoms with E-state index in [1.54, 1.807) is 19.2 Å². The Morgan fingerprint density at radius 1 is 1.12 bits per heavy atom. The molecule has 0 saturated heterocycles. The molecule has 0 aliphatic rings. The summed E-state index contributed by atoms with van der Waals surface area (Å²) >= 11 is 0. The van der Waals surface area contributed by atoms with Crippen LogP contribution in [0, 0.1) is 5.82 Å². The third-order valence-corrected chi connectivity index (χ3v) is 3.98. The van der Waals surface area contributed by atoms with E-state index in [-0.39, 0.29) is 24.2 Å². The van der Waals surface area contributed by atoms with Crippen molar-refractivity contribution in [3.8, 4) is 5.75 Å². The number of carbonyl (C=O) groups excluding carboxylic acids is 2. The van der Waals surface area contributed by atoms with Crippen LogP contribution in [0.25, 0.3) is 0 Å². The van der Waals surface area contributed by atoms with Crippen LogP contribution >= 0.6 is 0 Å². The molecule has 0 radical (unpaired) electrons. The molecule has 2 rings (SSSR count). The van der Waals surface area contributed by atoms with Crippen LogP contribution in [0.3, 0.4) is 0 Å². The summed E-state index contributed by atoms with van der Waals surface area (Å²) in [5.74, 6) is -0.0384. The number of hydrogen-bond donors (Lipinski definition) is 1. The summed E-state index contributed by atoms with van der Waals surface area (Å²) in [6, 6.07) is 13.5. The summed E-state index contributed by atoms with van der Waals surface area (Å²) in [6.07, 6.45) is 0.596. The SMILES string of the molecule is COc1ccccc1CN(CC(=O)NCCc1ccc(F)cc1)C(C)=O. The summed E-state index contributed by atoms with van der Waals surface area (Å²) in [6.45, 7) is 2.12. The summed E-state index contributed by atoms with van der Waals surface area (Å²) < 4.78 is 18.2. The van der Waals surface area contributed by atoms with Crippen molar-refractivity contribution in [1.29, 1.82) is 0 Å². The second-order valence-electron chi connectivity index (χ2n) is 5.91. The molecule has 2 amide bonds. The summed E-state index contributed by atoms with van der Waals surface area (Å²) in [5.41, 5.74) is 1.77. The van der Waals surface area contributed by atoms with Crippen LogP contribution in [-0.4, -0.2) is 36.9 Å². The Morgan fingerprint density at radius 3 is 2.46 bits per heavy atom. The number of nitrogens with one attached hydrogen (secondary N) is 1. The van der Waals surface area contributed by atoms with Gasteiger partial charge < -0.3 is 15.0 Å². The largest absolute Gasteiger partial charge is 0.496 e. The van der Waals surface area contributed by atoms with Gasteiger partial charge in [0.2, 0.25) is 11.8 Å². The third kappa shape index (κ3) is 5.88. The van der Waals surface area contributed by atoms with Gasteiger partial charge in [-0.05, 0) is 30.2 Å². The van der Waals surface area contributed by atoms with E-state index in [1.807, 2.05) is 24.3 Å². The van der Waals surface area contributed by atoms with Crippen molar-refractivity contribution in [2.45, 2.75) is 19.9 Å². The molecule has 0 spiro atoms. The van der Waals surface area contributed by atoms with Gasteiger partial charge in [0, 0.05) is 25.6 Å². The molecule has 6 heteroatoms. The van der Waals surface area contributed by atoms with Crippen LogP contribution in [0.5, 0.6) is 5.75 Å². The number of methoxy groups -OCH3 is 1. The molecule has 26 heavy (non-hydrogen) atoms. The Hall–Kier alpha value is -2.89. The predicted octanol–water partition coefficient (Wildman–Crippen LogP) is 2.54. The van der Waals surface area contributed by atoms with E-state index < -0.39 is 0 Å². The van der Waals surface area contributed by atoms with Crippen molar-refractivity contribution < 1.29 is 18.7 Å². The maximum atomic E-state index is 12.9. The van der Waals surface area contributed by atoms with Crippen molar-refractivity contribution in [3.05, 3.63) is 65.5 Å². The molecule has 0 atom stereocenters. The first kappa shape index (κ1) is 19.4. The van der Waals surface area contributed by atoms with E-state index in [9.17, 15) is 14.0 Å². The fourth-order valence-corrected chi connectivity index (χ4v) is 2.54. The van der Waals surface area contributed by atoms with E-state index in [0.29, 0.717) is 25.3 Å². The highest BCUT2D eigenvalue weighted by atomic mass is 19.1. The number of carbonyl (C=O) groups is 2. The highest BCUT2D eigenvalue weighted by Crippen LogP contribution is 2.19. The first-order chi connectivity index (χ1) is 12.5. The molecular weight excluding hydrogens is 335 g/mol. The fraction of sp³-hybridized carbons (Fsp3) is 0.300. The van der Waals surface area contributed by atoms with Crippen molar-refractivity contribution in [3.63, 3.8) is 0 Å². The molecule has 2 aromatic rings. The quantitative estimate of drug-likeness (QED) is 0.789. The Kier molecular flexibility index (Phi) is 7.14. The summed E-state index contributed by atoms with van der Waals surface area (Å²) in [4.78, 5) is 25.5. The maximum Gasteiger partial charge on any atom is 0.239 e. The van der Waals surface area contributed by atoms with Gasteiger partial charge in [0.25, 0.3) is 0 Å². The number of benzene rings is 2. The number of hydrogen-bond acceptors (Lipinski definition) is 3. The van der Waals surface area contributed by atoms with Crippen LogP contribution in [0.15, 0.2) is 48.5 Å². The second kappa shape index (κ2) is 9.56. The number of ether oxygens (including phenoxy) is 1. The molecule has 2 aromatic carbocycles. The zero-order chi connectivity index (χ0) is 18.9. The van der Waals surface area contributed by atoms with Gasteiger partial charge in [-0.25, -0.2) is 4.39 Å². The minimum absolute atomic E-state index is 0.0310. The number of nitrogens with zero attached hydrogens (tertiary/aromatic N) is 1. The molecule has 0 bridgehead atoms. The lowest BCUT2D eigenvalue weighted by Crippen LogP contribution is -2.40. The average molecular weight is 358 g/mol. The van der Waals surface area contributed by atoms with Crippen LogP contribution < -0.4 is 10.1 Å². The fourth-order valence-electron chi connectivity index (χ4n) is 2.54. The highest BCUT2D eigenvalue weighted by Gasteiger charge is 2.15. The zero-order valence-corrected chi connectivity index (χ0v) is 15.0. The Labute approximate surface area is 152 Å². The normalized spacial score (nSPS) is 10.3. The van der Waals surface area contributed by atoms with Gasteiger partial charge in [-0.2, -0.15) is 0 Å². The molecule has 0 aliphatic heterocycles. The van der Waals surface area contributed by atoms with Gasteiger partial charge in [-0.3, -0.25) is 9.59 Å². The molecule has 0 fully saturated rings. The van der Waals surface area contributed by atoms with Crippen LogP contribution in [0.4, 0.5) is 4.39 Å². The average Bonchev–Trinajstić information content (AvgIpc) is 2.63. The summed E-state index contributed by atoms with van der Waals surface area (Å²) in [7, 11) is 1.57. The minimum atomic E-state index is -0.286. The number of rotatable bonds is 8. The minimum Gasteiger partial charge on any atom is -0.496 e. The predicted molar refractivity (Wildman–Crippen MR) is 97.2 cm³/mol. The topological polar surface area (TPSA) is 58.6 Å². The van der Waals surface area contributed by atoms with E-state index in [4.69, 9.17) is 4.74 Å². The van der Waals surface area contributed by atoms with Gasteiger partial charge >= 0.3 is 0 Å². The molecule has 0 unspecified atom stereocenters. The molecule has 138 valence electrons. The van der Waals surface area contributed by atoms with Gasteiger partial charge in [-0.15, -0.1) is 0 Å². The van der Waals surface area contributed by atoms with Gasteiger partial charge in [0.05, 0.1) is 13.7 Å². The monoisotopic (exact) mass is 358 g/mol. The van der Waals surface area contributed by atoms with E-state index in [1.165, 1.54) is 24.0 Å². The van der Waals surface area contributed by atoms with E-state index in [2.05, 4.69) is 5.32 Å². The molecule has 5 nitrogen and oxygen atoms in total. The highest BCUT2D eigenvalue weighted by molar-refractivity contribution is 5.83. The molecule has 0 aromatic heterocycles. The first-order valence-electron chi connectivity index (χ1n) is 8.38. The van der Waals surface area contributed by atoms with Crippen molar-refractivity contribution >= 4 is 11.8 Å². The molecule has 1 N–H and O–H groups in total. The van der Waals surface area contributed by atoms with Crippen molar-refractivity contribution in [2.24, 2.45) is 0 Å². The van der Waals surface area contributed by atoms with Crippen LogP contribution in [-0.2, 0) is 22.6 Å². The van der Waals surface area contributed by atoms with Gasteiger partial charge in [-0.1, -0.05) is 30.3 Å². The van der Waals surface area contributed by atoms with Crippen LogP contribution in [0.1, 0.15) is 18.1 Å². The van der Waals surface area contributed by atoms with E-state index >= 15 is 0 Å². The standard InChI is InChI=1S/C20H23FN2O3/c1-15(24)23(13-17-5-3-4-6-19(17)26-2)14-20(25)22-12-11-16-7-9-18(21)10-8-16/h3-10H,11-14H2,1-2H3,(H,22,25). The van der Waals surface area contributed by atoms with Crippen LogP contribution in [0.2, 0.25) is 0 Å². The Bertz CT molecular complexity index is 747. The zero-order valence-electron chi connectivity index (χ0n) is 15.0. The molecule has 0 aliphatic carbocycles. The van der Waals surface area contributed by atoms with Gasteiger partial charge in [0.1, 0.15) is 11.6 Å². The number of amides is 2. The molecule has 0 heterocycles. The van der Waals surface area contributed by atoms with Crippen molar-refractivity contribution in [1.82, 2.24) is 10.2 Å². The number of halogens is 1. The lowest BCUT2D eigenvalue weighted by Gasteiger charge is -2.21. The lowest BCUT2D eigenvalue weighted by molar-refractivity contribution is -0.134. The summed E-state index contributed by atoms with van der Waals surface area (Å²) in [5, 5.41) is 2.79. The first-order valence-corrected chi connectivity index (χ1v) is 8.38. The second-order valence-corrected chi connectivity index (χ2v) is 5.91. The smallest absolute Gasteiger partial charge is 0.239 e. The Morgan fingerprint density at radius 2 is 1.81 bits per heavy atom. The maximum absolute atomic E-state index is 12.9.